The van der Waals surface area contributed by atoms with Gasteiger partial charge in [0.2, 0.25) is 5.91 Å². The average Bonchev–Trinajstić information content (AvgIpc) is 2.71. The summed E-state index contributed by atoms with van der Waals surface area (Å²) in [4.78, 5) is 29.5. The molecule has 1 amide bonds. The van der Waals surface area contributed by atoms with Crippen molar-refractivity contribution in [1.29, 1.82) is 0 Å². The molecule has 1 fully saturated rings. The summed E-state index contributed by atoms with van der Waals surface area (Å²) in [7, 11) is 0. The number of piperazine rings is 1. The van der Waals surface area contributed by atoms with Crippen molar-refractivity contribution in [2.75, 3.05) is 26.2 Å². The van der Waals surface area contributed by atoms with Gasteiger partial charge >= 0.3 is 5.63 Å². The number of phenolic OH excluding ortho intramolecular Hbond substituents is 1. The van der Waals surface area contributed by atoms with Crippen molar-refractivity contribution in [2.24, 2.45) is 0 Å². The maximum absolute atomic E-state index is 12.9. The first-order chi connectivity index (χ1) is 14.4. The summed E-state index contributed by atoms with van der Waals surface area (Å²) >= 11 is 0. The third kappa shape index (κ3) is 4.09. The predicted molar refractivity (Wildman–Crippen MR) is 116 cm³/mol. The predicted octanol–water partition coefficient (Wildman–Crippen LogP) is 3.00. The van der Waals surface area contributed by atoms with Crippen LogP contribution in [0.15, 0.2) is 51.7 Å². The van der Waals surface area contributed by atoms with Crippen LogP contribution < -0.4 is 5.63 Å². The molecule has 0 atom stereocenters. The van der Waals surface area contributed by atoms with Gasteiger partial charge in [0.05, 0.1) is 17.4 Å². The quantitative estimate of drug-likeness (QED) is 0.675. The Bertz CT molecular complexity index is 1130. The van der Waals surface area contributed by atoms with Gasteiger partial charge in [0.15, 0.2) is 0 Å². The molecule has 0 radical (unpaired) electrons. The van der Waals surface area contributed by atoms with Gasteiger partial charge < -0.3 is 14.4 Å². The SMILES string of the molecule is Cc1cc(O)c2c(C)c(CC(=O)N3CCN(Cc4ccccc4)CC3)c(=O)oc2c1. The Morgan fingerprint density at radius 3 is 2.47 bits per heavy atom. The largest absolute Gasteiger partial charge is 0.507 e. The molecule has 2 aromatic carbocycles. The van der Waals surface area contributed by atoms with Crippen LogP contribution in [0.1, 0.15) is 22.3 Å². The molecule has 2 heterocycles. The van der Waals surface area contributed by atoms with E-state index in [0.29, 0.717) is 35.2 Å². The zero-order valence-corrected chi connectivity index (χ0v) is 17.4. The first-order valence-corrected chi connectivity index (χ1v) is 10.2. The van der Waals surface area contributed by atoms with Gasteiger partial charge in [-0.25, -0.2) is 4.79 Å². The summed E-state index contributed by atoms with van der Waals surface area (Å²) in [5, 5.41) is 10.8. The summed E-state index contributed by atoms with van der Waals surface area (Å²) in [6.07, 6.45) is -0.0177. The van der Waals surface area contributed by atoms with Crippen LogP contribution in [0.3, 0.4) is 0 Å². The second kappa shape index (κ2) is 8.32. The summed E-state index contributed by atoms with van der Waals surface area (Å²) in [6.45, 7) is 7.31. The number of rotatable bonds is 4. The van der Waals surface area contributed by atoms with Crippen LogP contribution in [-0.2, 0) is 17.8 Å². The number of hydrogen-bond acceptors (Lipinski definition) is 5. The lowest BCUT2D eigenvalue weighted by molar-refractivity contribution is -0.132. The highest BCUT2D eigenvalue weighted by molar-refractivity contribution is 5.89. The zero-order chi connectivity index (χ0) is 21.3. The minimum atomic E-state index is -0.513. The van der Waals surface area contributed by atoms with Gasteiger partial charge in [-0.05, 0) is 42.7 Å². The summed E-state index contributed by atoms with van der Waals surface area (Å²) in [5.74, 6) is -0.0230. The van der Waals surface area contributed by atoms with Crippen LogP contribution in [0.5, 0.6) is 5.75 Å². The molecule has 156 valence electrons. The van der Waals surface area contributed by atoms with Gasteiger partial charge in [0.25, 0.3) is 0 Å². The first kappa shape index (κ1) is 20.2. The van der Waals surface area contributed by atoms with Crippen LogP contribution in [0.4, 0.5) is 0 Å². The van der Waals surface area contributed by atoms with E-state index in [1.54, 1.807) is 24.0 Å². The molecule has 4 rings (SSSR count). The molecule has 1 N–H and O–H groups in total. The summed E-state index contributed by atoms with van der Waals surface area (Å²) < 4.78 is 5.41. The van der Waals surface area contributed by atoms with E-state index in [2.05, 4.69) is 17.0 Å². The Morgan fingerprint density at radius 1 is 1.07 bits per heavy atom. The minimum Gasteiger partial charge on any atom is -0.507 e. The number of aromatic hydroxyl groups is 1. The van der Waals surface area contributed by atoms with E-state index in [4.69, 9.17) is 4.42 Å². The molecule has 1 aliphatic heterocycles. The van der Waals surface area contributed by atoms with E-state index in [1.807, 2.05) is 25.1 Å². The first-order valence-electron chi connectivity index (χ1n) is 10.2. The molecular weight excluding hydrogens is 380 g/mol. The second-order valence-corrected chi connectivity index (χ2v) is 7.97. The average molecular weight is 406 g/mol. The van der Waals surface area contributed by atoms with Gasteiger partial charge in [0.1, 0.15) is 11.3 Å². The fourth-order valence-corrected chi connectivity index (χ4v) is 4.12. The van der Waals surface area contributed by atoms with Crippen molar-refractivity contribution in [2.45, 2.75) is 26.8 Å². The molecule has 0 aliphatic carbocycles. The molecule has 3 aromatic rings. The maximum atomic E-state index is 12.9. The van der Waals surface area contributed by atoms with Crippen molar-refractivity contribution in [1.82, 2.24) is 9.80 Å². The van der Waals surface area contributed by atoms with E-state index in [-0.39, 0.29) is 18.1 Å². The van der Waals surface area contributed by atoms with E-state index in [9.17, 15) is 14.7 Å². The van der Waals surface area contributed by atoms with Crippen molar-refractivity contribution in [3.8, 4) is 5.75 Å². The van der Waals surface area contributed by atoms with Gasteiger partial charge in [-0.2, -0.15) is 0 Å². The normalized spacial score (nSPS) is 14.9. The Labute approximate surface area is 175 Å². The maximum Gasteiger partial charge on any atom is 0.340 e. The molecule has 6 heteroatoms. The third-order valence-electron chi connectivity index (χ3n) is 5.80. The molecule has 1 aliphatic rings. The standard InChI is InChI=1S/C24H26N2O4/c1-16-12-20(27)23-17(2)19(24(29)30-21(23)13-16)14-22(28)26-10-8-25(9-11-26)15-18-6-4-3-5-7-18/h3-7,12-13,27H,8-11,14-15H2,1-2H3. The fraction of sp³-hybridized carbons (Fsp3) is 0.333. The zero-order valence-electron chi connectivity index (χ0n) is 17.4. The van der Waals surface area contributed by atoms with Gasteiger partial charge in [-0.1, -0.05) is 30.3 Å². The van der Waals surface area contributed by atoms with Crippen LogP contribution in [0.25, 0.3) is 11.0 Å². The number of amides is 1. The highest BCUT2D eigenvalue weighted by Crippen LogP contribution is 2.30. The summed E-state index contributed by atoms with van der Waals surface area (Å²) in [5.41, 5.74) is 2.83. The Morgan fingerprint density at radius 2 is 1.77 bits per heavy atom. The lowest BCUT2D eigenvalue weighted by Crippen LogP contribution is -2.49. The second-order valence-electron chi connectivity index (χ2n) is 7.97. The van der Waals surface area contributed by atoms with Crippen molar-refractivity contribution in [3.63, 3.8) is 0 Å². The van der Waals surface area contributed by atoms with Crippen molar-refractivity contribution < 1.29 is 14.3 Å². The summed E-state index contributed by atoms with van der Waals surface area (Å²) in [6, 6.07) is 13.6. The number of carbonyl (C=O) groups excluding carboxylic acids is 1. The number of carbonyl (C=O) groups is 1. The van der Waals surface area contributed by atoms with Crippen molar-refractivity contribution in [3.05, 3.63) is 75.1 Å². The number of aryl methyl sites for hydroxylation is 2. The van der Waals surface area contributed by atoms with E-state index in [1.165, 1.54) is 5.56 Å². The number of hydrogen-bond donors (Lipinski definition) is 1. The third-order valence-corrected chi connectivity index (χ3v) is 5.80. The Hall–Kier alpha value is -3.12. The molecule has 0 spiro atoms. The van der Waals surface area contributed by atoms with Crippen LogP contribution in [0.2, 0.25) is 0 Å². The van der Waals surface area contributed by atoms with E-state index in [0.717, 1.165) is 25.2 Å². The molecule has 1 aromatic heterocycles. The van der Waals surface area contributed by atoms with Gasteiger partial charge in [-0.15, -0.1) is 0 Å². The van der Waals surface area contributed by atoms with Gasteiger partial charge in [-0.3, -0.25) is 9.69 Å². The van der Waals surface area contributed by atoms with Gasteiger partial charge in [0, 0.05) is 32.7 Å². The molecule has 6 nitrogen and oxygen atoms in total. The van der Waals surface area contributed by atoms with E-state index >= 15 is 0 Å². The van der Waals surface area contributed by atoms with Crippen LogP contribution in [0, 0.1) is 13.8 Å². The number of nitrogens with zero attached hydrogens (tertiary/aromatic N) is 2. The minimum absolute atomic E-state index is 0.0177. The molecule has 1 saturated heterocycles. The number of phenols is 1. The molecule has 0 bridgehead atoms. The topological polar surface area (TPSA) is 74.0 Å². The molecular formula is C24H26N2O4. The highest BCUT2D eigenvalue weighted by atomic mass is 16.4. The van der Waals surface area contributed by atoms with Crippen molar-refractivity contribution >= 4 is 16.9 Å². The number of fused-ring (bicyclic) bond motifs is 1. The highest BCUT2D eigenvalue weighted by Gasteiger charge is 2.24. The fourth-order valence-electron chi connectivity index (χ4n) is 4.12. The lowest BCUT2D eigenvalue weighted by Gasteiger charge is -2.34. The monoisotopic (exact) mass is 406 g/mol. The Balaban J connectivity index is 1.46. The molecule has 0 saturated carbocycles. The number of benzene rings is 2. The van der Waals surface area contributed by atoms with E-state index < -0.39 is 5.63 Å². The molecule has 30 heavy (non-hydrogen) atoms. The Kier molecular flexibility index (Phi) is 5.59. The van der Waals surface area contributed by atoms with Crippen LogP contribution >= 0.6 is 0 Å². The lowest BCUT2D eigenvalue weighted by atomic mass is 10.0. The van der Waals surface area contributed by atoms with Crippen LogP contribution in [-0.4, -0.2) is 47.0 Å². The smallest absolute Gasteiger partial charge is 0.340 e. The molecule has 0 unspecified atom stereocenters.